The standard InChI is InChI=1S/C26H28N2O2.C9H14.C2H6/c1-19-9-11-23(12-10-19)28-20(2)17-24(21(28)3)25(30)27-15-13-26(18-29,14-16-27)22-7-5-4-6-8-22;1-8(2)9-6-4-3-5-7-9;1-2/h4-12,17-18H,13-16H2,1-3H3;3-4,6,8H,5,7H2,1-2H3;1-2H3. The summed E-state index contributed by atoms with van der Waals surface area (Å²) in [6.45, 7) is 15.8. The van der Waals surface area contributed by atoms with Crippen LogP contribution in [0.3, 0.4) is 0 Å². The number of likely N-dealkylation sites (tertiary alicyclic amines) is 1. The van der Waals surface area contributed by atoms with Gasteiger partial charge in [-0.15, -0.1) is 0 Å². The van der Waals surface area contributed by atoms with Gasteiger partial charge < -0.3 is 14.3 Å². The largest absolute Gasteiger partial charge is 0.338 e. The number of amides is 1. The molecule has 4 heteroatoms. The summed E-state index contributed by atoms with van der Waals surface area (Å²) in [4.78, 5) is 27.2. The molecule has 0 spiro atoms. The lowest BCUT2D eigenvalue weighted by Crippen LogP contribution is -2.46. The van der Waals surface area contributed by atoms with Crippen molar-refractivity contribution in [3.05, 3.63) is 113 Å². The van der Waals surface area contributed by atoms with Crippen LogP contribution in [0.4, 0.5) is 0 Å². The molecule has 0 unspecified atom stereocenters. The van der Waals surface area contributed by atoms with E-state index >= 15 is 0 Å². The monoisotopic (exact) mass is 552 g/mol. The van der Waals surface area contributed by atoms with Crippen LogP contribution < -0.4 is 0 Å². The van der Waals surface area contributed by atoms with Gasteiger partial charge in [0, 0.05) is 30.2 Å². The SMILES string of the molecule is CC.CC(C)C1=CC=CCC1.Cc1ccc(-n2c(C)cc(C(=O)N3CCC(C=O)(c4ccccc4)CC3)c2C)cc1. The van der Waals surface area contributed by atoms with E-state index in [2.05, 4.69) is 67.8 Å². The average Bonchev–Trinajstić information content (AvgIpc) is 3.32. The highest BCUT2D eigenvalue weighted by Crippen LogP contribution is 2.34. The number of aryl methyl sites for hydroxylation is 2. The maximum atomic E-state index is 13.3. The highest BCUT2D eigenvalue weighted by molar-refractivity contribution is 5.96. The number of hydrogen-bond acceptors (Lipinski definition) is 2. The van der Waals surface area contributed by atoms with Crippen molar-refractivity contribution in [1.29, 1.82) is 0 Å². The maximum Gasteiger partial charge on any atom is 0.255 e. The van der Waals surface area contributed by atoms with E-state index in [9.17, 15) is 9.59 Å². The van der Waals surface area contributed by atoms with Crippen LogP contribution in [0, 0.1) is 26.7 Å². The predicted molar refractivity (Wildman–Crippen MR) is 172 cm³/mol. The lowest BCUT2D eigenvalue weighted by atomic mass is 9.74. The number of carbonyl (C=O) groups excluding carboxylic acids is 2. The molecule has 2 aromatic carbocycles. The Labute approximate surface area is 247 Å². The topological polar surface area (TPSA) is 42.3 Å². The summed E-state index contributed by atoms with van der Waals surface area (Å²) in [5.74, 6) is 0.795. The second kappa shape index (κ2) is 14.8. The average molecular weight is 553 g/mol. The van der Waals surface area contributed by atoms with Crippen molar-refractivity contribution < 1.29 is 9.59 Å². The molecular weight excluding hydrogens is 504 g/mol. The Hall–Kier alpha value is -3.66. The minimum atomic E-state index is -0.489. The van der Waals surface area contributed by atoms with Gasteiger partial charge in [-0.3, -0.25) is 4.79 Å². The van der Waals surface area contributed by atoms with Crippen LogP contribution >= 0.6 is 0 Å². The summed E-state index contributed by atoms with van der Waals surface area (Å²) < 4.78 is 2.14. The molecule has 1 saturated heterocycles. The second-order valence-corrected chi connectivity index (χ2v) is 11.3. The number of aromatic nitrogens is 1. The van der Waals surface area contributed by atoms with Crippen LogP contribution in [0.25, 0.3) is 5.69 Å². The molecule has 3 aromatic rings. The van der Waals surface area contributed by atoms with Gasteiger partial charge in [0.25, 0.3) is 5.91 Å². The van der Waals surface area contributed by atoms with E-state index in [-0.39, 0.29) is 5.91 Å². The van der Waals surface area contributed by atoms with E-state index in [0.29, 0.717) is 25.9 Å². The number of hydrogen-bond donors (Lipinski definition) is 0. The fourth-order valence-electron chi connectivity index (χ4n) is 5.70. The molecule has 1 aliphatic heterocycles. The number of rotatable bonds is 5. The summed E-state index contributed by atoms with van der Waals surface area (Å²) in [6.07, 6.45) is 11.5. The van der Waals surface area contributed by atoms with Crippen molar-refractivity contribution in [2.75, 3.05) is 13.1 Å². The Morgan fingerprint density at radius 1 is 0.927 bits per heavy atom. The molecule has 2 heterocycles. The normalized spacial score (nSPS) is 15.7. The smallest absolute Gasteiger partial charge is 0.255 e. The van der Waals surface area contributed by atoms with Gasteiger partial charge in [0.2, 0.25) is 0 Å². The zero-order valence-electron chi connectivity index (χ0n) is 26.1. The first-order chi connectivity index (χ1) is 19.8. The van der Waals surface area contributed by atoms with Gasteiger partial charge in [-0.2, -0.15) is 0 Å². The molecule has 0 radical (unpaired) electrons. The van der Waals surface area contributed by atoms with Crippen molar-refractivity contribution in [3.63, 3.8) is 0 Å². The molecule has 218 valence electrons. The molecule has 1 aromatic heterocycles. The number of aldehydes is 1. The minimum Gasteiger partial charge on any atom is -0.338 e. The third kappa shape index (κ3) is 7.55. The summed E-state index contributed by atoms with van der Waals surface area (Å²) in [6, 6.07) is 20.3. The molecule has 4 nitrogen and oxygen atoms in total. The third-order valence-corrected chi connectivity index (χ3v) is 8.26. The van der Waals surface area contributed by atoms with Gasteiger partial charge in [-0.05, 0) is 76.1 Å². The zero-order valence-corrected chi connectivity index (χ0v) is 26.1. The fraction of sp³-hybridized carbons (Fsp3) is 0.405. The predicted octanol–water partition coefficient (Wildman–Crippen LogP) is 8.72. The Morgan fingerprint density at radius 2 is 1.56 bits per heavy atom. The molecule has 41 heavy (non-hydrogen) atoms. The van der Waals surface area contributed by atoms with Crippen molar-refractivity contribution in [2.45, 2.75) is 79.6 Å². The van der Waals surface area contributed by atoms with Crippen molar-refractivity contribution in [2.24, 2.45) is 5.92 Å². The van der Waals surface area contributed by atoms with E-state index in [1.165, 1.54) is 18.4 Å². The lowest BCUT2D eigenvalue weighted by molar-refractivity contribution is -0.114. The summed E-state index contributed by atoms with van der Waals surface area (Å²) in [7, 11) is 0. The van der Waals surface area contributed by atoms with Crippen LogP contribution in [-0.2, 0) is 10.2 Å². The van der Waals surface area contributed by atoms with Gasteiger partial charge in [-0.25, -0.2) is 0 Å². The molecule has 1 fully saturated rings. The first-order valence-corrected chi connectivity index (χ1v) is 15.2. The first-order valence-electron chi connectivity index (χ1n) is 15.2. The van der Waals surface area contributed by atoms with E-state index in [1.807, 2.05) is 69.0 Å². The molecule has 0 bridgehead atoms. The highest BCUT2D eigenvalue weighted by Gasteiger charge is 2.38. The Bertz CT molecular complexity index is 1340. The number of nitrogens with zero attached hydrogens (tertiary/aromatic N) is 2. The highest BCUT2D eigenvalue weighted by atomic mass is 16.2. The molecule has 5 rings (SSSR count). The van der Waals surface area contributed by atoms with E-state index in [0.717, 1.165) is 40.4 Å². The molecule has 1 amide bonds. The van der Waals surface area contributed by atoms with Crippen LogP contribution in [-0.4, -0.2) is 34.7 Å². The van der Waals surface area contributed by atoms with E-state index in [4.69, 9.17) is 0 Å². The summed E-state index contributed by atoms with van der Waals surface area (Å²) in [5.41, 5.74) is 7.17. The molecule has 1 aliphatic carbocycles. The minimum absolute atomic E-state index is 0.0500. The second-order valence-electron chi connectivity index (χ2n) is 11.3. The van der Waals surface area contributed by atoms with Gasteiger partial charge >= 0.3 is 0 Å². The van der Waals surface area contributed by atoms with Gasteiger partial charge in [0.05, 0.1) is 11.0 Å². The Balaban J connectivity index is 0.000000355. The first kappa shape index (κ1) is 31.9. The van der Waals surface area contributed by atoms with E-state index < -0.39 is 5.41 Å². The molecule has 0 atom stereocenters. The van der Waals surface area contributed by atoms with Crippen molar-refractivity contribution in [3.8, 4) is 5.69 Å². The number of carbonyl (C=O) groups is 2. The van der Waals surface area contributed by atoms with Crippen LogP contribution in [0.2, 0.25) is 0 Å². The lowest BCUT2D eigenvalue weighted by Gasteiger charge is -2.38. The summed E-state index contributed by atoms with van der Waals surface area (Å²) in [5, 5.41) is 0. The maximum absolute atomic E-state index is 13.3. The third-order valence-electron chi connectivity index (χ3n) is 8.26. The molecule has 0 N–H and O–H groups in total. The quantitative estimate of drug-likeness (QED) is 0.297. The van der Waals surface area contributed by atoms with Gasteiger partial charge in [-0.1, -0.05) is 99.5 Å². The van der Waals surface area contributed by atoms with Crippen molar-refractivity contribution >= 4 is 12.2 Å². The van der Waals surface area contributed by atoms with Crippen molar-refractivity contribution in [1.82, 2.24) is 9.47 Å². The molecular formula is C37H48N2O2. The fourth-order valence-corrected chi connectivity index (χ4v) is 5.70. The molecule has 2 aliphatic rings. The van der Waals surface area contributed by atoms with Gasteiger partial charge in [0.15, 0.2) is 0 Å². The summed E-state index contributed by atoms with van der Waals surface area (Å²) >= 11 is 0. The van der Waals surface area contributed by atoms with Crippen LogP contribution in [0.15, 0.2) is 84.5 Å². The Kier molecular flexibility index (Phi) is 11.5. The van der Waals surface area contributed by atoms with E-state index in [1.54, 1.807) is 5.57 Å². The Morgan fingerprint density at radius 3 is 2.07 bits per heavy atom. The molecule has 0 saturated carbocycles. The number of piperidine rings is 1. The number of allylic oxidation sites excluding steroid dienone is 4. The number of benzene rings is 2. The van der Waals surface area contributed by atoms with Gasteiger partial charge in [0.1, 0.15) is 6.29 Å². The van der Waals surface area contributed by atoms with Crippen LogP contribution in [0.5, 0.6) is 0 Å². The van der Waals surface area contributed by atoms with Crippen LogP contribution in [0.1, 0.15) is 86.3 Å². The zero-order chi connectivity index (χ0) is 30.0.